The van der Waals surface area contributed by atoms with Crippen molar-refractivity contribution in [3.05, 3.63) is 0 Å². The molecule has 12 heavy (non-hydrogen) atoms. The van der Waals surface area contributed by atoms with E-state index < -0.39 is 0 Å². The van der Waals surface area contributed by atoms with E-state index in [2.05, 4.69) is 11.4 Å². The molecule has 0 aliphatic heterocycles. The number of nitriles is 1. The summed E-state index contributed by atoms with van der Waals surface area (Å²) < 4.78 is 0. The van der Waals surface area contributed by atoms with E-state index in [4.69, 9.17) is 10.4 Å². The normalized spacial score (nSPS) is 12.4. The fourth-order valence-electron chi connectivity index (χ4n) is 0.662. The number of rotatable bonds is 7. The third kappa shape index (κ3) is 7.86. The molecule has 0 rings (SSSR count). The van der Waals surface area contributed by atoms with E-state index in [-0.39, 0.29) is 12.6 Å². The summed E-state index contributed by atoms with van der Waals surface area (Å²) in [6.45, 7) is 2.98. The third-order valence-corrected chi connectivity index (χ3v) is 2.41. The van der Waals surface area contributed by atoms with Crippen LogP contribution in [0.4, 0.5) is 0 Å². The van der Waals surface area contributed by atoms with E-state index in [0.29, 0.717) is 0 Å². The topological polar surface area (TPSA) is 56.0 Å². The van der Waals surface area contributed by atoms with Gasteiger partial charge in [-0.15, -0.1) is 0 Å². The molecule has 0 saturated heterocycles. The molecule has 0 aromatic carbocycles. The number of hydrogen-bond acceptors (Lipinski definition) is 4. The van der Waals surface area contributed by atoms with Gasteiger partial charge >= 0.3 is 0 Å². The first-order valence-corrected chi connectivity index (χ1v) is 5.28. The number of nitrogens with one attached hydrogen (secondary N) is 1. The zero-order chi connectivity index (χ0) is 9.23. The maximum absolute atomic E-state index is 8.48. The molecule has 1 atom stereocenters. The summed E-state index contributed by atoms with van der Waals surface area (Å²) in [5, 5.41) is 20.0. The zero-order valence-corrected chi connectivity index (χ0v) is 8.23. The van der Waals surface area contributed by atoms with Crippen LogP contribution in [-0.4, -0.2) is 35.8 Å². The highest BCUT2D eigenvalue weighted by Crippen LogP contribution is 1.99. The lowest BCUT2D eigenvalue weighted by Gasteiger charge is -2.04. The van der Waals surface area contributed by atoms with Crippen LogP contribution in [0.5, 0.6) is 0 Å². The molecule has 0 heterocycles. The van der Waals surface area contributed by atoms with E-state index in [1.54, 1.807) is 11.8 Å². The summed E-state index contributed by atoms with van der Waals surface area (Å²) in [5.74, 6) is 2.01. The fourth-order valence-corrected chi connectivity index (χ4v) is 1.46. The molecule has 0 spiro atoms. The molecule has 0 aromatic heterocycles. The van der Waals surface area contributed by atoms with Gasteiger partial charge in [-0.25, -0.2) is 0 Å². The van der Waals surface area contributed by atoms with Crippen molar-refractivity contribution in [3.8, 4) is 6.07 Å². The average molecular weight is 188 g/mol. The number of aliphatic hydroxyl groups excluding tert-OH is 1. The van der Waals surface area contributed by atoms with Gasteiger partial charge in [0.2, 0.25) is 0 Å². The largest absolute Gasteiger partial charge is 0.396 e. The second kappa shape index (κ2) is 8.85. The molecule has 3 nitrogen and oxygen atoms in total. The third-order valence-electron chi connectivity index (χ3n) is 1.34. The van der Waals surface area contributed by atoms with E-state index in [1.165, 1.54) is 0 Å². The van der Waals surface area contributed by atoms with Crippen LogP contribution in [-0.2, 0) is 0 Å². The summed E-state index contributed by atoms with van der Waals surface area (Å²) in [5.41, 5.74) is 0. The SMILES string of the molecule is CC(C#N)NCCSCCCO. The monoisotopic (exact) mass is 188 g/mol. The standard InChI is InChI=1S/C8H16N2OS/c1-8(7-9)10-3-6-12-5-2-4-11/h8,10-11H,2-6H2,1H3. The van der Waals surface area contributed by atoms with Gasteiger partial charge in [0.05, 0.1) is 12.1 Å². The Kier molecular flexibility index (Phi) is 8.68. The van der Waals surface area contributed by atoms with Crippen LogP contribution in [0, 0.1) is 11.3 Å². The molecular weight excluding hydrogens is 172 g/mol. The minimum absolute atomic E-state index is 0.0524. The molecule has 0 bridgehead atoms. The van der Waals surface area contributed by atoms with Crippen molar-refractivity contribution in [1.29, 1.82) is 5.26 Å². The highest BCUT2D eigenvalue weighted by Gasteiger charge is 1.95. The Morgan fingerprint density at radius 2 is 2.33 bits per heavy atom. The second-order valence-electron chi connectivity index (χ2n) is 2.49. The molecule has 1 unspecified atom stereocenters. The van der Waals surface area contributed by atoms with E-state index in [1.807, 2.05) is 6.92 Å². The Bertz CT molecular complexity index is 136. The van der Waals surface area contributed by atoms with Crippen LogP contribution in [0.15, 0.2) is 0 Å². The summed E-state index contributed by atoms with van der Waals surface area (Å²) in [7, 11) is 0. The Morgan fingerprint density at radius 1 is 1.58 bits per heavy atom. The molecule has 0 aliphatic carbocycles. The molecule has 0 saturated carbocycles. The Hall–Kier alpha value is -0.240. The van der Waals surface area contributed by atoms with Crippen LogP contribution in [0.1, 0.15) is 13.3 Å². The van der Waals surface area contributed by atoms with Crippen LogP contribution in [0.2, 0.25) is 0 Å². The molecule has 70 valence electrons. The van der Waals surface area contributed by atoms with E-state index in [0.717, 1.165) is 24.5 Å². The van der Waals surface area contributed by atoms with Crippen molar-refractivity contribution in [1.82, 2.24) is 5.32 Å². The summed E-state index contributed by atoms with van der Waals surface area (Å²) in [4.78, 5) is 0. The first kappa shape index (κ1) is 11.8. The van der Waals surface area contributed by atoms with Crippen LogP contribution in [0.3, 0.4) is 0 Å². The second-order valence-corrected chi connectivity index (χ2v) is 3.72. The number of aliphatic hydroxyl groups is 1. The van der Waals surface area contributed by atoms with Gasteiger partial charge in [0, 0.05) is 18.9 Å². The summed E-state index contributed by atoms with van der Waals surface area (Å²) >= 11 is 1.80. The van der Waals surface area contributed by atoms with Crippen molar-refractivity contribution in [2.24, 2.45) is 0 Å². The van der Waals surface area contributed by atoms with Gasteiger partial charge in [-0.1, -0.05) is 0 Å². The van der Waals surface area contributed by atoms with Crippen molar-refractivity contribution in [3.63, 3.8) is 0 Å². The van der Waals surface area contributed by atoms with E-state index >= 15 is 0 Å². The van der Waals surface area contributed by atoms with Crippen molar-refractivity contribution < 1.29 is 5.11 Å². The highest BCUT2D eigenvalue weighted by molar-refractivity contribution is 7.99. The Balaban J connectivity index is 2.96. The lowest BCUT2D eigenvalue weighted by molar-refractivity contribution is 0.296. The van der Waals surface area contributed by atoms with Gasteiger partial charge in [-0.05, 0) is 19.1 Å². The van der Waals surface area contributed by atoms with Gasteiger partial charge in [0.15, 0.2) is 0 Å². The van der Waals surface area contributed by atoms with Crippen molar-refractivity contribution in [2.75, 3.05) is 24.7 Å². The molecule has 0 fully saturated rings. The van der Waals surface area contributed by atoms with Crippen molar-refractivity contribution >= 4 is 11.8 Å². The minimum Gasteiger partial charge on any atom is -0.396 e. The maximum atomic E-state index is 8.48. The average Bonchev–Trinajstić information content (AvgIpc) is 2.10. The number of thioether (sulfide) groups is 1. The first-order chi connectivity index (χ1) is 5.81. The highest BCUT2D eigenvalue weighted by atomic mass is 32.2. The minimum atomic E-state index is -0.0524. The quantitative estimate of drug-likeness (QED) is 0.575. The molecule has 0 aromatic rings. The summed E-state index contributed by atoms with van der Waals surface area (Å²) in [6, 6.07) is 2.05. The summed E-state index contributed by atoms with van der Waals surface area (Å²) in [6.07, 6.45) is 0.860. The van der Waals surface area contributed by atoms with Crippen LogP contribution >= 0.6 is 11.8 Å². The molecule has 0 aliphatic rings. The van der Waals surface area contributed by atoms with E-state index in [9.17, 15) is 0 Å². The molecule has 2 N–H and O–H groups in total. The number of nitrogens with zero attached hydrogens (tertiary/aromatic N) is 1. The van der Waals surface area contributed by atoms with Gasteiger partial charge in [-0.2, -0.15) is 17.0 Å². The maximum Gasteiger partial charge on any atom is 0.0924 e. The fraction of sp³-hybridized carbons (Fsp3) is 0.875. The van der Waals surface area contributed by atoms with Crippen molar-refractivity contribution in [2.45, 2.75) is 19.4 Å². The predicted molar refractivity (Wildman–Crippen MR) is 52.1 cm³/mol. The van der Waals surface area contributed by atoms with Gasteiger partial charge in [0.1, 0.15) is 0 Å². The lowest BCUT2D eigenvalue weighted by Crippen LogP contribution is -2.26. The Labute approximate surface area is 78.2 Å². The molecule has 0 amide bonds. The molecule has 4 heteroatoms. The first-order valence-electron chi connectivity index (χ1n) is 4.13. The lowest BCUT2D eigenvalue weighted by atomic mass is 10.4. The zero-order valence-electron chi connectivity index (χ0n) is 7.42. The Morgan fingerprint density at radius 3 is 2.92 bits per heavy atom. The van der Waals surface area contributed by atoms with Crippen LogP contribution < -0.4 is 5.32 Å². The molecular formula is C8H16N2OS. The molecule has 0 radical (unpaired) electrons. The predicted octanol–water partition coefficient (Wildman–Crippen LogP) is 0.604. The smallest absolute Gasteiger partial charge is 0.0924 e. The van der Waals surface area contributed by atoms with Gasteiger partial charge in [0.25, 0.3) is 0 Å². The van der Waals surface area contributed by atoms with Gasteiger partial charge < -0.3 is 10.4 Å². The number of hydrogen-bond donors (Lipinski definition) is 2. The van der Waals surface area contributed by atoms with Gasteiger partial charge in [-0.3, -0.25) is 0 Å². The van der Waals surface area contributed by atoms with Crippen LogP contribution in [0.25, 0.3) is 0 Å².